The molecule has 1 rings (SSSR count). The molecular formula is C15H19N3OS. The van der Waals surface area contributed by atoms with Gasteiger partial charge in [-0.05, 0) is 31.3 Å². The van der Waals surface area contributed by atoms with E-state index < -0.39 is 0 Å². The number of nitrogens with zero attached hydrogens (tertiary/aromatic N) is 2. The predicted octanol–water partition coefficient (Wildman–Crippen LogP) is 2.66. The normalized spacial score (nSPS) is 10.8. The molecule has 0 atom stereocenters. The van der Waals surface area contributed by atoms with Gasteiger partial charge in [0.25, 0.3) is 0 Å². The molecule has 20 heavy (non-hydrogen) atoms. The Labute approximate surface area is 125 Å². The third-order valence-corrected chi connectivity index (χ3v) is 2.95. The van der Waals surface area contributed by atoms with Crippen LogP contribution in [-0.4, -0.2) is 33.9 Å². The number of hydrogen-bond acceptors (Lipinski definition) is 3. The van der Waals surface area contributed by atoms with Gasteiger partial charge in [-0.25, -0.2) is 0 Å². The smallest absolute Gasteiger partial charge is 0.190 e. The minimum Gasteiger partial charge on any atom is -0.507 e. The average molecular weight is 289 g/mol. The summed E-state index contributed by atoms with van der Waals surface area (Å²) in [5, 5.41) is 14.4. The van der Waals surface area contributed by atoms with Crippen LogP contribution in [0.25, 0.3) is 0 Å². The molecule has 0 amide bonds. The fourth-order valence-electron chi connectivity index (χ4n) is 1.59. The molecule has 0 unspecified atom stereocenters. The van der Waals surface area contributed by atoms with Crippen LogP contribution >= 0.6 is 12.2 Å². The van der Waals surface area contributed by atoms with Crippen molar-refractivity contribution in [2.75, 3.05) is 13.1 Å². The predicted molar refractivity (Wildman–Crippen MR) is 88.0 cm³/mol. The number of aromatic hydroxyl groups is 1. The molecule has 0 aliphatic carbocycles. The maximum Gasteiger partial charge on any atom is 0.190 e. The van der Waals surface area contributed by atoms with E-state index in [0.29, 0.717) is 29.5 Å². The summed E-state index contributed by atoms with van der Waals surface area (Å²) in [6.07, 6.45) is 3.52. The summed E-state index contributed by atoms with van der Waals surface area (Å²) in [5.41, 5.74) is 4.14. The zero-order valence-electron chi connectivity index (χ0n) is 11.5. The maximum atomic E-state index is 9.75. The summed E-state index contributed by atoms with van der Waals surface area (Å²) in [6, 6.07) is 7.02. The van der Waals surface area contributed by atoms with E-state index in [0.717, 1.165) is 0 Å². The molecule has 0 aliphatic rings. The van der Waals surface area contributed by atoms with Gasteiger partial charge in [-0.1, -0.05) is 24.3 Å². The molecule has 2 N–H and O–H groups in total. The van der Waals surface area contributed by atoms with Crippen molar-refractivity contribution in [1.29, 1.82) is 0 Å². The van der Waals surface area contributed by atoms with Crippen molar-refractivity contribution in [3.8, 4) is 5.75 Å². The number of thiocarbonyl (C=S) groups is 1. The van der Waals surface area contributed by atoms with E-state index in [2.05, 4.69) is 23.7 Å². The van der Waals surface area contributed by atoms with Crippen LogP contribution in [0.5, 0.6) is 5.75 Å². The van der Waals surface area contributed by atoms with Gasteiger partial charge in [-0.2, -0.15) is 5.10 Å². The molecular weight excluding hydrogens is 270 g/mol. The second-order valence-corrected chi connectivity index (χ2v) is 4.50. The first-order chi connectivity index (χ1) is 9.60. The van der Waals surface area contributed by atoms with Gasteiger partial charge >= 0.3 is 0 Å². The fraction of sp³-hybridized carbons (Fsp3) is 0.200. The minimum absolute atomic E-state index is 0.190. The van der Waals surface area contributed by atoms with Crippen LogP contribution in [0.3, 0.4) is 0 Å². The fourth-order valence-corrected chi connectivity index (χ4v) is 1.79. The Morgan fingerprint density at radius 1 is 1.35 bits per heavy atom. The van der Waals surface area contributed by atoms with Crippen molar-refractivity contribution < 1.29 is 5.11 Å². The van der Waals surface area contributed by atoms with Crippen LogP contribution < -0.4 is 5.43 Å². The quantitative estimate of drug-likeness (QED) is 0.366. The first kappa shape index (κ1) is 15.9. The number of benzene rings is 1. The standard InChI is InChI=1S/C15H19N3OS/c1-4-10-18(11-5-2)15(20)17-16-12(3)13-8-6-7-9-14(13)19/h4-9,19H,1-2,10-11H2,3H3,(H,17,20)/b16-12-. The molecule has 0 heterocycles. The van der Waals surface area contributed by atoms with Gasteiger partial charge in [0.05, 0.1) is 5.71 Å². The van der Waals surface area contributed by atoms with Crippen molar-refractivity contribution in [2.45, 2.75) is 6.92 Å². The van der Waals surface area contributed by atoms with E-state index in [1.807, 2.05) is 11.0 Å². The van der Waals surface area contributed by atoms with E-state index in [1.165, 1.54) is 0 Å². The number of nitrogens with one attached hydrogen (secondary N) is 1. The highest BCUT2D eigenvalue weighted by Crippen LogP contribution is 2.16. The van der Waals surface area contributed by atoms with Gasteiger partial charge in [0.15, 0.2) is 5.11 Å². The van der Waals surface area contributed by atoms with Crippen LogP contribution in [0.15, 0.2) is 54.7 Å². The molecule has 4 nitrogen and oxygen atoms in total. The highest BCUT2D eigenvalue weighted by atomic mass is 32.1. The van der Waals surface area contributed by atoms with Crippen molar-refractivity contribution in [3.63, 3.8) is 0 Å². The highest BCUT2D eigenvalue weighted by Gasteiger charge is 2.07. The third kappa shape index (κ3) is 4.51. The van der Waals surface area contributed by atoms with E-state index >= 15 is 0 Å². The Morgan fingerprint density at radius 2 is 1.95 bits per heavy atom. The van der Waals surface area contributed by atoms with Gasteiger partial charge in [0.1, 0.15) is 5.75 Å². The van der Waals surface area contributed by atoms with Gasteiger partial charge < -0.3 is 10.0 Å². The molecule has 1 aromatic carbocycles. The molecule has 0 bridgehead atoms. The maximum absolute atomic E-state index is 9.75. The molecule has 0 spiro atoms. The zero-order valence-corrected chi connectivity index (χ0v) is 12.4. The summed E-state index contributed by atoms with van der Waals surface area (Å²) in [4.78, 5) is 1.87. The van der Waals surface area contributed by atoms with Crippen LogP contribution in [0.2, 0.25) is 0 Å². The molecule has 0 fully saturated rings. The van der Waals surface area contributed by atoms with E-state index in [-0.39, 0.29) is 5.75 Å². The second kappa shape index (κ2) is 8.12. The number of hydrogen-bond donors (Lipinski definition) is 2. The Balaban J connectivity index is 2.75. The topological polar surface area (TPSA) is 47.9 Å². The van der Waals surface area contributed by atoms with Crippen LogP contribution in [0.1, 0.15) is 12.5 Å². The summed E-state index contributed by atoms with van der Waals surface area (Å²) in [5.74, 6) is 0.190. The number of hydrazone groups is 1. The molecule has 5 heteroatoms. The van der Waals surface area contributed by atoms with Gasteiger partial charge in [-0.3, -0.25) is 5.43 Å². The average Bonchev–Trinajstić information content (AvgIpc) is 2.44. The summed E-state index contributed by atoms with van der Waals surface area (Å²) in [6.45, 7) is 10.4. The summed E-state index contributed by atoms with van der Waals surface area (Å²) >= 11 is 5.26. The number of phenols is 1. The monoisotopic (exact) mass is 289 g/mol. The Hall–Kier alpha value is -2.14. The van der Waals surface area contributed by atoms with E-state index in [1.54, 1.807) is 37.3 Å². The van der Waals surface area contributed by atoms with Gasteiger partial charge in [0.2, 0.25) is 0 Å². The van der Waals surface area contributed by atoms with Crippen molar-refractivity contribution >= 4 is 23.0 Å². The van der Waals surface area contributed by atoms with Gasteiger partial charge in [0, 0.05) is 18.7 Å². The lowest BCUT2D eigenvalue weighted by molar-refractivity contribution is 0.474. The van der Waals surface area contributed by atoms with Crippen LogP contribution in [-0.2, 0) is 0 Å². The SMILES string of the molecule is C=CCN(CC=C)C(=S)N/N=C(/C)c1ccccc1O. The zero-order chi connectivity index (χ0) is 15.0. The third-order valence-electron chi connectivity index (χ3n) is 2.60. The molecule has 1 aromatic rings. The molecule has 106 valence electrons. The van der Waals surface area contributed by atoms with Crippen molar-refractivity contribution in [2.24, 2.45) is 5.10 Å². The lowest BCUT2D eigenvalue weighted by atomic mass is 10.1. The summed E-state index contributed by atoms with van der Waals surface area (Å²) in [7, 11) is 0. The first-order valence-corrected chi connectivity index (χ1v) is 6.60. The van der Waals surface area contributed by atoms with E-state index in [9.17, 15) is 5.11 Å². The first-order valence-electron chi connectivity index (χ1n) is 6.19. The minimum atomic E-state index is 0.190. The highest BCUT2D eigenvalue weighted by molar-refractivity contribution is 7.80. The Bertz CT molecular complexity index is 516. The molecule has 0 radical (unpaired) electrons. The van der Waals surface area contributed by atoms with Crippen molar-refractivity contribution in [1.82, 2.24) is 10.3 Å². The molecule has 0 saturated heterocycles. The second-order valence-electron chi connectivity index (χ2n) is 4.11. The summed E-state index contributed by atoms with van der Waals surface area (Å²) < 4.78 is 0. The molecule has 0 aromatic heterocycles. The van der Waals surface area contributed by atoms with Crippen LogP contribution in [0.4, 0.5) is 0 Å². The van der Waals surface area contributed by atoms with Crippen molar-refractivity contribution in [3.05, 3.63) is 55.1 Å². The lowest BCUT2D eigenvalue weighted by Gasteiger charge is -2.21. The van der Waals surface area contributed by atoms with E-state index in [4.69, 9.17) is 12.2 Å². The van der Waals surface area contributed by atoms with Crippen LogP contribution in [0, 0.1) is 0 Å². The number of phenolic OH excluding ortho intramolecular Hbond substituents is 1. The number of para-hydroxylation sites is 1. The lowest BCUT2D eigenvalue weighted by Crippen LogP contribution is -2.38. The number of rotatable bonds is 6. The van der Waals surface area contributed by atoms with Gasteiger partial charge in [-0.15, -0.1) is 13.2 Å². The largest absolute Gasteiger partial charge is 0.507 e. The molecule has 0 aliphatic heterocycles. The Kier molecular flexibility index (Phi) is 6.46. The molecule has 0 saturated carbocycles. The Morgan fingerprint density at radius 3 is 2.50 bits per heavy atom.